The average molecular weight is 477 g/mol. The van der Waals surface area contributed by atoms with E-state index in [0.717, 1.165) is 39.3 Å². The van der Waals surface area contributed by atoms with E-state index in [2.05, 4.69) is 27.0 Å². The minimum Gasteiger partial charge on any atom is -0.309 e. The number of aromatic nitrogens is 2. The Kier molecular flexibility index (Phi) is 4.89. The fraction of sp³-hybridized carbons (Fsp3) is 0.174. The molecule has 3 aromatic heterocycles. The molecule has 0 unspecified atom stereocenters. The molecule has 2 aliphatic rings. The number of carbonyl (C=O) groups is 1. The zero-order chi connectivity index (χ0) is 20.7. The smallest absolute Gasteiger partial charge is 0.161 e. The summed E-state index contributed by atoms with van der Waals surface area (Å²) in [6.07, 6.45) is 7.68. The van der Waals surface area contributed by atoms with Crippen LogP contribution in [0.5, 0.6) is 0 Å². The zero-order valence-electron chi connectivity index (χ0n) is 16.0. The third kappa shape index (κ3) is 3.04. The van der Waals surface area contributed by atoms with E-state index in [1.165, 1.54) is 0 Å². The van der Waals surface area contributed by atoms with Crippen molar-refractivity contribution < 1.29 is 4.79 Å². The number of halogens is 1. The number of thiophene rings is 1. The largest absolute Gasteiger partial charge is 0.309 e. The molecule has 5 nitrogen and oxygen atoms in total. The lowest BCUT2D eigenvalue weighted by molar-refractivity contribution is -0.116. The number of hydrogen-bond acceptors (Lipinski definition) is 5. The van der Waals surface area contributed by atoms with E-state index < -0.39 is 0 Å². The van der Waals surface area contributed by atoms with Gasteiger partial charge in [0.2, 0.25) is 0 Å². The molecule has 30 heavy (non-hydrogen) atoms. The van der Waals surface area contributed by atoms with Crippen molar-refractivity contribution in [2.45, 2.75) is 25.2 Å². The summed E-state index contributed by atoms with van der Waals surface area (Å²) in [7, 11) is 0. The molecule has 7 heteroatoms. The van der Waals surface area contributed by atoms with Gasteiger partial charge in [-0.2, -0.15) is 5.26 Å². The van der Waals surface area contributed by atoms with Crippen molar-refractivity contribution in [3.63, 3.8) is 0 Å². The van der Waals surface area contributed by atoms with Crippen LogP contribution in [-0.2, 0) is 4.79 Å². The lowest BCUT2D eigenvalue weighted by atomic mass is 9.78. The molecule has 4 heterocycles. The van der Waals surface area contributed by atoms with Crippen molar-refractivity contribution >= 4 is 44.7 Å². The minimum atomic E-state index is -0.345. The number of Topliss-reactive ketones (excluding diaryl/α,β-unsaturated/α-hetero) is 1. The molecular weight excluding hydrogens is 460 g/mol. The van der Waals surface area contributed by atoms with Gasteiger partial charge in [0.15, 0.2) is 5.78 Å². The molecule has 3 aromatic rings. The summed E-state index contributed by atoms with van der Waals surface area (Å²) in [5.74, 6) is 1.21. The molecule has 1 aliphatic carbocycles. The van der Waals surface area contributed by atoms with E-state index in [1.807, 2.05) is 63.6 Å². The third-order valence-corrected chi connectivity index (χ3v) is 6.87. The Labute approximate surface area is 186 Å². The molecule has 0 aromatic carbocycles. The normalized spacial score (nSPS) is 19.1. The molecule has 0 amide bonds. The number of nitrogens with zero attached hydrogens (tertiary/aromatic N) is 4. The average Bonchev–Trinajstić information content (AvgIpc) is 3.47. The Morgan fingerprint density at radius 2 is 2.00 bits per heavy atom. The molecule has 0 bridgehead atoms. The SMILES string of the molecule is N#CC1=C(n2cccc2)N(c2ccc(Br)cn2)C2=C(C(=O)CCC2)[C@H]1c1cccs1. The van der Waals surface area contributed by atoms with E-state index in [4.69, 9.17) is 0 Å². The molecule has 0 saturated carbocycles. The topological polar surface area (TPSA) is 61.9 Å². The van der Waals surface area contributed by atoms with E-state index in [1.54, 1.807) is 17.5 Å². The van der Waals surface area contributed by atoms with Crippen LogP contribution in [0.15, 0.2) is 81.7 Å². The molecule has 0 N–H and O–H groups in total. The first kappa shape index (κ1) is 19.0. The van der Waals surface area contributed by atoms with E-state index in [-0.39, 0.29) is 11.7 Å². The monoisotopic (exact) mass is 476 g/mol. The van der Waals surface area contributed by atoms with Crippen molar-refractivity contribution in [1.82, 2.24) is 9.55 Å². The maximum absolute atomic E-state index is 13.2. The van der Waals surface area contributed by atoms with E-state index in [9.17, 15) is 10.1 Å². The number of carbonyl (C=O) groups excluding carboxylic acids is 1. The van der Waals surface area contributed by atoms with Crippen molar-refractivity contribution in [1.29, 1.82) is 5.26 Å². The maximum atomic E-state index is 13.2. The summed E-state index contributed by atoms with van der Waals surface area (Å²) in [6.45, 7) is 0. The molecular formula is C23H17BrN4OS. The van der Waals surface area contributed by atoms with Crippen LogP contribution in [0.4, 0.5) is 5.82 Å². The van der Waals surface area contributed by atoms with Crippen molar-refractivity contribution in [3.05, 3.63) is 86.6 Å². The van der Waals surface area contributed by atoms with E-state index in [0.29, 0.717) is 17.8 Å². The van der Waals surface area contributed by atoms with Crippen LogP contribution in [0.2, 0.25) is 0 Å². The van der Waals surface area contributed by atoms with Gasteiger partial charge in [-0.15, -0.1) is 11.3 Å². The van der Waals surface area contributed by atoms with Crippen molar-refractivity contribution in [2.24, 2.45) is 0 Å². The summed E-state index contributed by atoms with van der Waals surface area (Å²) in [6, 6.07) is 14.1. The Morgan fingerprint density at radius 1 is 1.17 bits per heavy atom. The Hall–Kier alpha value is -2.95. The Balaban J connectivity index is 1.84. The summed E-state index contributed by atoms with van der Waals surface area (Å²) >= 11 is 5.03. The first-order valence-corrected chi connectivity index (χ1v) is 11.3. The molecule has 0 saturated heterocycles. The second kappa shape index (κ2) is 7.71. The van der Waals surface area contributed by atoms with Crippen molar-refractivity contribution in [2.75, 3.05) is 4.90 Å². The number of pyridine rings is 1. The summed E-state index contributed by atoms with van der Waals surface area (Å²) in [4.78, 5) is 20.8. The summed E-state index contributed by atoms with van der Waals surface area (Å²) in [5, 5.41) is 12.3. The zero-order valence-corrected chi connectivity index (χ0v) is 18.4. The number of nitriles is 1. The van der Waals surface area contributed by atoms with Crippen LogP contribution >= 0.6 is 27.3 Å². The van der Waals surface area contributed by atoms with Crippen LogP contribution in [-0.4, -0.2) is 15.3 Å². The molecule has 0 spiro atoms. The Morgan fingerprint density at radius 3 is 2.67 bits per heavy atom. The highest BCUT2D eigenvalue weighted by atomic mass is 79.9. The van der Waals surface area contributed by atoms with Crippen molar-refractivity contribution in [3.8, 4) is 6.07 Å². The predicted octanol–water partition coefficient (Wildman–Crippen LogP) is 5.71. The van der Waals surface area contributed by atoms with Gasteiger partial charge in [-0.05, 0) is 64.5 Å². The van der Waals surface area contributed by atoms with Gasteiger partial charge in [0, 0.05) is 45.6 Å². The van der Waals surface area contributed by atoms with Crippen LogP contribution in [0.1, 0.15) is 30.1 Å². The summed E-state index contributed by atoms with van der Waals surface area (Å²) in [5.41, 5.74) is 2.25. The third-order valence-electron chi connectivity index (χ3n) is 5.47. The van der Waals surface area contributed by atoms with Gasteiger partial charge in [-0.1, -0.05) is 6.07 Å². The first-order valence-electron chi connectivity index (χ1n) is 9.68. The molecule has 148 valence electrons. The number of allylic oxidation sites excluding steroid dienone is 3. The molecule has 1 aliphatic heterocycles. The number of rotatable bonds is 3. The summed E-state index contributed by atoms with van der Waals surface area (Å²) < 4.78 is 2.83. The number of ketones is 1. The standard InChI is InChI=1S/C23H17BrN4OS/c24-15-8-9-20(26-14-15)28-17-5-3-6-18(29)22(17)21(19-7-4-12-30-19)16(13-25)23(28)27-10-1-2-11-27/h1-2,4,7-12,14,21H,3,5-6H2/t21-/m1/s1. The Bertz CT molecular complexity index is 1200. The number of anilines is 1. The van der Waals surface area contributed by atoms with Crippen LogP contribution in [0, 0.1) is 11.3 Å². The quantitative estimate of drug-likeness (QED) is 0.485. The van der Waals surface area contributed by atoms with Gasteiger partial charge in [-0.25, -0.2) is 4.98 Å². The fourth-order valence-electron chi connectivity index (χ4n) is 4.26. The van der Waals surface area contributed by atoms with Gasteiger partial charge in [0.1, 0.15) is 11.6 Å². The van der Waals surface area contributed by atoms with Gasteiger partial charge < -0.3 is 4.57 Å². The minimum absolute atomic E-state index is 0.121. The molecule has 5 rings (SSSR count). The highest BCUT2D eigenvalue weighted by Crippen LogP contribution is 2.49. The second-order valence-electron chi connectivity index (χ2n) is 7.19. The number of hydrogen-bond donors (Lipinski definition) is 0. The van der Waals surface area contributed by atoms with Crippen LogP contribution in [0.3, 0.4) is 0 Å². The molecule has 1 atom stereocenters. The highest BCUT2D eigenvalue weighted by molar-refractivity contribution is 9.10. The van der Waals surface area contributed by atoms with Gasteiger partial charge >= 0.3 is 0 Å². The lowest BCUT2D eigenvalue weighted by Gasteiger charge is -2.40. The molecule has 0 fully saturated rings. The second-order valence-corrected chi connectivity index (χ2v) is 9.09. The first-order chi connectivity index (χ1) is 14.7. The van der Waals surface area contributed by atoms with Gasteiger partial charge in [0.05, 0.1) is 17.6 Å². The van der Waals surface area contributed by atoms with Crippen LogP contribution < -0.4 is 4.90 Å². The van der Waals surface area contributed by atoms with Gasteiger partial charge in [0.25, 0.3) is 0 Å². The molecule has 0 radical (unpaired) electrons. The van der Waals surface area contributed by atoms with Crippen LogP contribution in [0.25, 0.3) is 5.82 Å². The lowest BCUT2D eigenvalue weighted by Crippen LogP contribution is -2.36. The van der Waals surface area contributed by atoms with E-state index >= 15 is 0 Å². The maximum Gasteiger partial charge on any atom is 0.161 e. The van der Waals surface area contributed by atoms with Gasteiger partial charge in [-0.3, -0.25) is 9.69 Å². The fourth-order valence-corrected chi connectivity index (χ4v) is 5.34. The highest BCUT2D eigenvalue weighted by Gasteiger charge is 2.42. The predicted molar refractivity (Wildman–Crippen MR) is 121 cm³/mol.